The molecule has 1 saturated heterocycles. The second-order valence-corrected chi connectivity index (χ2v) is 4.97. The van der Waals surface area contributed by atoms with E-state index in [1.165, 1.54) is 0 Å². The minimum Gasteiger partial charge on any atom is -0.376 e. The van der Waals surface area contributed by atoms with Crippen LogP contribution in [-0.4, -0.2) is 18.2 Å². The van der Waals surface area contributed by atoms with Crippen molar-refractivity contribution in [1.82, 2.24) is 0 Å². The molecule has 0 radical (unpaired) electrons. The molecule has 0 saturated carbocycles. The van der Waals surface area contributed by atoms with Gasteiger partial charge in [-0.25, -0.2) is 0 Å². The van der Waals surface area contributed by atoms with E-state index in [2.05, 4.69) is 25.2 Å². The highest BCUT2D eigenvalue weighted by Crippen LogP contribution is 2.31. The fraction of sp³-hybridized carbons (Fsp3) is 0.500. The summed E-state index contributed by atoms with van der Waals surface area (Å²) in [5.74, 6) is 0. The molecule has 90 valence electrons. The molecule has 3 nitrogen and oxygen atoms in total. The molecule has 0 amide bonds. The summed E-state index contributed by atoms with van der Waals surface area (Å²) < 4.78 is 5.60. The number of rotatable bonds is 2. The first-order valence-corrected chi connectivity index (χ1v) is 5.96. The third-order valence-corrected chi connectivity index (χ3v) is 3.60. The van der Waals surface area contributed by atoms with Crippen LogP contribution in [0.4, 0.5) is 5.69 Å². The van der Waals surface area contributed by atoms with Crippen LogP contribution in [-0.2, 0) is 4.74 Å². The zero-order chi connectivity index (χ0) is 12.5. The average Bonchev–Trinajstić information content (AvgIpc) is 2.59. The number of hydrogen-bond donors (Lipinski definition) is 1. The maximum Gasteiger partial charge on any atom is 0.101 e. The van der Waals surface area contributed by atoms with E-state index in [1.807, 2.05) is 25.1 Å². The second kappa shape index (κ2) is 4.38. The van der Waals surface area contributed by atoms with Crippen LogP contribution in [0.2, 0.25) is 0 Å². The second-order valence-electron chi connectivity index (χ2n) is 4.97. The predicted octanol–water partition coefficient (Wildman–Crippen LogP) is 2.85. The summed E-state index contributed by atoms with van der Waals surface area (Å²) >= 11 is 0. The Kier molecular flexibility index (Phi) is 3.08. The Morgan fingerprint density at radius 1 is 1.53 bits per heavy atom. The smallest absolute Gasteiger partial charge is 0.101 e. The first-order valence-electron chi connectivity index (χ1n) is 5.96. The van der Waals surface area contributed by atoms with Gasteiger partial charge in [0.25, 0.3) is 0 Å². The van der Waals surface area contributed by atoms with Crippen LogP contribution in [0.1, 0.15) is 31.4 Å². The van der Waals surface area contributed by atoms with Crippen LogP contribution in [0, 0.1) is 18.3 Å². The van der Waals surface area contributed by atoms with Gasteiger partial charge in [0.05, 0.1) is 22.9 Å². The first kappa shape index (κ1) is 11.9. The van der Waals surface area contributed by atoms with Gasteiger partial charge in [0.2, 0.25) is 0 Å². The quantitative estimate of drug-likeness (QED) is 0.849. The van der Waals surface area contributed by atoms with E-state index in [-0.39, 0.29) is 11.6 Å². The lowest BCUT2D eigenvalue weighted by Gasteiger charge is -2.30. The van der Waals surface area contributed by atoms with Crippen molar-refractivity contribution in [3.8, 4) is 6.07 Å². The van der Waals surface area contributed by atoms with E-state index >= 15 is 0 Å². The molecule has 1 heterocycles. The Bertz CT molecular complexity index is 464. The Balaban J connectivity index is 2.30. The molecule has 17 heavy (non-hydrogen) atoms. The molecule has 2 unspecified atom stereocenters. The van der Waals surface area contributed by atoms with Gasteiger partial charge in [-0.1, -0.05) is 6.07 Å². The Labute approximate surface area is 102 Å². The number of nitrogens with zero attached hydrogens (tertiary/aromatic N) is 1. The van der Waals surface area contributed by atoms with Crippen LogP contribution in [0.15, 0.2) is 18.2 Å². The van der Waals surface area contributed by atoms with E-state index < -0.39 is 0 Å². The van der Waals surface area contributed by atoms with Gasteiger partial charge in [-0.15, -0.1) is 0 Å². The van der Waals surface area contributed by atoms with Crippen LogP contribution >= 0.6 is 0 Å². The molecule has 1 aliphatic rings. The van der Waals surface area contributed by atoms with Gasteiger partial charge in [0.15, 0.2) is 0 Å². The molecule has 0 bridgehead atoms. The van der Waals surface area contributed by atoms with E-state index in [4.69, 9.17) is 10.00 Å². The summed E-state index contributed by atoms with van der Waals surface area (Å²) in [6.45, 7) is 7.03. The minimum absolute atomic E-state index is 0.0839. The van der Waals surface area contributed by atoms with E-state index in [0.29, 0.717) is 5.56 Å². The van der Waals surface area contributed by atoms with Crippen molar-refractivity contribution in [2.75, 3.05) is 11.9 Å². The standard InChI is InChI=1S/C14H18N2O/c1-10-4-5-12(9-15)13(8-10)16-14(3)6-7-17-11(14)2/h4-5,8,11,16H,6-7H2,1-3H3. The molecule has 1 aromatic rings. The normalized spacial score (nSPS) is 27.8. The number of aryl methyl sites for hydroxylation is 1. The van der Waals surface area contributed by atoms with Crippen molar-refractivity contribution >= 4 is 5.69 Å². The number of ether oxygens (including phenoxy) is 1. The molecule has 1 fully saturated rings. The summed E-state index contributed by atoms with van der Waals surface area (Å²) in [7, 11) is 0. The Morgan fingerprint density at radius 3 is 2.88 bits per heavy atom. The van der Waals surface area contributed by atoms with Gasteiger partial charge in [-0.3, -0.25) is 0 Å². The fourth-order valence-corrected chi connectivity index (χ4v) is 2.17. The van der Waals surface area contributed by atoms with Crippen molar-refractivity contribution in [3.63, 3.8) is 0 Å². The molecule has 1 N–H and O–H groups in total. The number of anilines is 1. The first-order chi connectivity index (χ1) is 8.05. The van der Waals surface area contributed by atoms with E-state index in [9.17, 15) is 0 Å². The van der Waals surface area contributed by atoms with Crippen molar-refractivity contribution < 1.29 is 4.74 Å². The molecular weight excluding hydrogens is 212 g/mol. The van der Waals surface area contributed by atoms with Crippen LogP contribution in [0.25, 0.3) is 0 Å². The van der Waals surface area contributed by atoms with Gasteiger partial charge >= 0.3 is 0 Å². The predicted molar refractivity (Wildman–Crippen MR) is 68.0 cm³/mol. The van der Waals surface area contributed by atoms with Crippen LogP contribution in [0.3, 0.4) is 0 Å². The Hall–Kier alpha value is -1.53. The van der Waals surface area contributed by atoms with Crippen molar-refractivity contribution in [2.24, 2.45) is 0 Å². The highest BCUT2D eigenvalue weighted by Gasteiger charge is 2.37. The number of nitriles is 1. The lowest BCUT2D eigenvalue weighted by atomic mass is 9.93. The lowest BCUT2D eigenvalue weighted by Crippen LogP contribution is -2.41. The third-order valence-electron chi connectivity index (χ3n) is 3.60. The molecule has 2 atom stereocenters. The van der Waals surface area contributed by atoms with Gasteiger partial charge in [0, 0.05) is 6.61 Å². The molecule has 0 spiro atoms. The van der Waals surface area contributed by atoms with Crippen molar-refractivity contribution in [3.05, 3.63) is 29.3 Å². The number of benzene rings is 1. The number of nitrogens with one attached hydrogen (secondary N) is 1. The molecule has 1 aromatic carbocycles. The SMILES string of the molecule is Cc1ccc(C#N)c(NC2(C)CCOC2C)c1. The molecule has 0 aliphatic carbocycles. The van der Waals surface area contributed by atoms with Crippen LogP contribution in [0.5, 0.6) is 0 Å². The molecule has 0 aromatic heterocycles. The molecule has 1 aliphatic heterocycles. The highest BCUT2D eigenvalue weighted by molar-refractivity contribution is 5.60. The van der Waals surface area contributed by atoms with Gasteiger partial charge in [0.1, 0.15) is 6.07 Å². The third kappa shape index (κ3) is 2.27. The monoisotopic (exact) mass is 230 g/mol. The summed E-state index contributed by atoms with van der Waals surface area (Å²) in [4.78, 5) is 0. The number of hydrogen-bond acceptors (Lipinski definition) is 3. The zero-order valence-electron chi connectivity index (χ0n) is 10.6. The minimum atomic E-state index is -0.0839. The van der Waals surface area contributed by atoms with Crippen molar-refractivity contribution in [1.29, 1.82) is 5.26 Å². The fourth-order valence-electron chi connectivity index (χ4n) is 2.17. The van der Waals surface area contributed by atoms with Crippen molar-refractivity contribution in [2.45, 2.75) is 38.8 Å². The van der Waals surface area contributed by atoms with Gasteiger partial charge < -0.3 is 10.1 Å². The maximum absolute atomic E-state index is 9.11. The van der Waals surface area contributed by atoms with Gasteiger partial charge in [-0.05, 0) is 44.9 Å². The average molecular weight is 230 g/mol. The summed E-state index contributed by atoms with van der Waals surface area (Å²) in [5, 5.41) is 12.6. The molecular formula is C14H18N2O. The maximum atomic E-state index is 9.11. The summed E-state index contributed by atoms with van der Waals surface area (Å²) in [6.07, 6.45) is 1.13. The molecule has 2 rings (SSSR count). The van der Waals surface area contributed by atoms with Gasteiger partial charge in [-0.2, -0.15) is 5.26 Å². The Morgan fingerprint density at radius 2 is 2.29 bits per heavy atom. The van der Waals surface area contributed by atoms with E-state index in [1.54, 1.807) is 0 Å². The largest absolute Gasteiger partial charge is 0.376 e. The van der Waals surface area contributed by atoms with E-state index in [0.717, 1.165) is 24.3 Å². The highest BCUT2D eigenvalue weighted by atomic mass is 16.5. The topological polar surface area (TPSA) is 45.0 Å². The summed E-state index contributed by atoms with van der Waals surface area (Å²) in [6, 6.07) is 8.07. The lowest BCUT2D eigenvalue weighted by molar-refractivity contribution is 0.105. The van der Waals surface area contributed by atoms with Crippen LogP contribution < -0.4 is 5.32 Å². The molecule has 3 heteroatoms. The zero-order valence-corrected chi connectivity index (χ0v) is 10.6. The summed E-state index contributed by atoms with van der Waals surface area (Å²) in [5.41, 5.74) is 2.67.